The van der Waals surface area contributed by atoms with Crippen LogP contribution in [0.5, 0.6) is 0 Å². The zero-order chi connectivity index (χ0) is 17.7. The summed E-state index contributed by atoms with van der Waals surface area (Å²) in [5, 5.41) is 5.20. The molecule has 0 bridgehead atoms. The van der Waals surface area contributed by atoms with Gasteiger partial charge in [0, 0.05) is 11.9 Å². The lowest BCUT2D eigenvalue weighted by molar-refractivity contribution is 0.876. The van der Waals surface area contributed by atoms with Crippen molar-refractivity contribution >= 4 is 27.9 Å². The summed E-state index contributed by atoms with van der Waals surface area (Å²) in [6, 6.07) is 7.56. The van der Waals surface area contributed by atoms with Crippen molar-refractivity contribution in [3.05, 3.63) is 48.7 Å². The van der Waals surface area contributed by atoms with Gasteiger partial charge in [0.2, 0.25) is 0 Å². The average Bonchev–Trinajstić information content (AvgIpc) is 3.28. The number of hydrogen-bond acceptors (Lipinski definition) is 7. The van der Waals surface area contributed by atoms with Crippen LogP contribution in [-0.2, 0) is 0 Å². The summed E-state index contributed by atoms with van der Waals surface area (Å²) < 4.78 is 1.69. The first-order chi connectivity index (χ1) is 12.7. The Balaban J connectivity index is 1.82. The molecule has 5 aromatic heterocycles. The smallest absolute Gasteiger partial charge is 0.186 e. The molecular formula is C17H13N9. The predicted molar refractivity (Wildman–Crippen MR) is 96.5 cm³/mol. The number of aromatic nitrogens is 8. The van der Waals surface area contributed by atoms with Gasteiger partial charge in [-0.3, -0.25) is 0 Å². The molecule has 0 saturated heterocycles. The number of nitrogen functional groups attached to an aromatic ring is 1. The number of fused-ring (bicyclic) bond motifs is 2. The van der Waals surface area contributed by atoms with Gasteiger partial charge in [0.1, 0.15) is 11.5 Å². The topological polar surface area (TPSA) is 124 Å². The molecule has 0 spiro atoms. The highest BCUT2D eigenvalue weighted by atomic mass is 15.3. The maximum Gasteiger partial charge on any atom is 0.186 e. The minimum atomic E-state index is 0.418. The normalized spacial score (nSPS) is 11.4. The third-order valence-corrected chi connectivity index (χ3v) is 4.11. The third-order valence-electron chi connectivity index (χ3n) is 4.11. The number of pyridine rings is 2. The second kappa shape index (κ2) is 5.31. The highest BCUT2D eigenvalue weighted by Crippen LogP contribution is 2.25. The molecule has 0 atom stereocenters. The van der Waals surface area contributed by atoms with E-state index in [4.69, 9.17) is 5.73 Å². The Morgan fingerprint density at radius 3 is 2.88 bits per heavy atom. The molecule has 26 heavy (non-hydrogen) atoms. The molecule has 0 amide bonds. The Bertz CT molecular complexity index is 1270. The molecule has 9 nitrogen and oxygen atoms in total. The van der Waals surface area contributed by atoms with Crippen molar-refractivity contribution in [1.29, 1.82) is 0 Å². The lowest BCUT2D eigenvalue weighted by Crippen LogP contribution is -2.05. The second-order valence-electron chi connectivity index (χ2n) is 5.82. The van der Waals surface area contributed by atoms with E-state index < -0.39 is 0 Å². The van der Waals surface area contributed by atoms with Gasteiger partial charge in [-0.1, -0.05) is 6.07 Å². The van der Waals surface area contributed by atoms with Crippen molar-refractivity contribution in [2.24, 2.45) is 0 Å². The van der Waals surface area contributed by atoms with Crippen molar-refractivity contribution in [2.75, 3.05) is 5.73 Å². The molecule has 0 aliphatic heterocycles. The first kappa shape index (κ1) is 14.5. The van der Waals surface area contributed by atoms with Crippen molar-refractivity contribution in [3.8, 4) is 17.3 Å². The number of nitrogens with one attached hydrogen (secondary N) is 1. The van der Waals surface area contributed by atoms with E-state index in [1.807, 2.05) is 31.2 Å². The molecule has 0 aliphatic rings. The number of anilines is 1. The van der Waals surface area contributed by atoms with E-state index in [-0.39, 0.29) is 0 Å². The fraction of sp³-hybridized carbons (Fsp3) is 0.0588. The van der Waals surface area contributed by atoms with Crippen LogP contribution >= 0.6 is 0 Å². The maximum atomic E-state index is 5.95. The number of rotatable bonds is 2. The molecule has 126 valence electrons. The van der Waals surface area contributed by atoms with Crippen LogP contribution in [0.15, 0.2) is 43.0 Å². The number of imidazole rings is 1. The molecular weight excluding hydrogens is 330 g/mol. The molecule has 0 aromatic carbocycles. The van der Waals surface area contributed by atoms with Gasteiger partial charge < -0.3 is 10.7 Å². The van der Waals surface area contributed by atoms with Gasteiger partial charge in [-0.2, -0.15) is 5.10 Å². The monoisotopic (exact) mass is 343 g/mol. The lowest BCUT2D eigenvalue weighted by atomic mass is 10.3. The number of hydrogen-bond donors (Lipinski definition) is 2. The molecule has 9 heteroatoms. The van der Waals surface area contributed by atoms with Crippen LogP contribution in [0.4, 0.5) is 5.82 Å². The first-order valence-electron chi connectivity index (χ1n) is 7.94. The molecule has 0 unspecified atom stereocenters. The average molecular weight is 343 g/mol. The number of nitrogens with zero attached hydrogens (tertiary/aromatic N) is 7. The number of nitrogens with two attached hydrogens (primary N) is 1. The predicted octanol–water partition coefficient (Wildman–Crippen LogP) is 2.04. The van der Waals surface area contributed by atoms with Crippen LogP contribution in [-0.4, -0.2) is 39.7 Å². The van der Waals surface area contributed by atoms with E-state index in [1.165, 1.54) is 0 Å². The summed E-state index contributed by atoms with van der Waals surface area (Å²) in [5.74, 6) is 1.46. The Morgan fingerprint density at radius 1 is 1.08 bits per heavy atom. The highest BCUT2D eigenvalue weighted by molar-refractivity contribution is 5.90. The molecule has 5 heterocycles. The van der Waals surface area contributed by atoms with Crippen LogP contribution in [0.1, 0.15) is 5.69 Å². The van der Waals surface area contributed by atoms with Crippen LogP contribution < -0.4 is 5.73 Å². The summed E-state index contributed by atoms with van der Waals surface area (Å²) in [7, 11) is 0. The Hall–Kier alpha value is -3.88. The first-order valence-corrected chi connectivity index (χ1v) is 7.94. The summed E-state index contributed by atoms with van der Waals surface area (Å²) >= 11 is 0. The summed E-state index contributed by atoms with van der Waals surface area (Å²) in [4.78, 5) is 25.2. The van der Waals surface area contributed by atoms with Crippen LogP contribution in [0.3, 0.4) is 0 Å². The van der Waals surface area contributed by atoms with Crippen LogP contribution in [0.2, 0.25) is 0 Å². The van der Waals surface area contributed by atoms with Crippen molar-refractivity contribution < 1.29 is 0 Å². The van der Waals surface area contributed by atoms with E-state index in [1.54, 1.807) is 23.4 Å². The summed E-state index contributed by atoms with van der Waals surface area (Å²) in [5.41, 5.74) is 9.54. The largest absolute Gasteiger partial charge is 0.383 e. The molecule has 5 aromatic rings. The maximum absolute atomic E-state index is 5.95. The van der Waals surface area contributed by atoms with E-state index in [2.05, 4.69) is 35.0 Å². The molecule has 0 aliphatic carbocycles. The fourth-order valence-electron chi connectivity index (χ4n) is 2.89. The summed E-state index contributed by atoms with van der Waals surface area (Å²) in [6.45, 7) is 1.93. The van der Waals surface area contributed by atoms with Gasteiger partial charge in [0.25, 0.3) is 0 Å². The van der Waals surface area contributed by atoms with Crippen molar-refractivity contribution in [1.82, 2.24) is 39.7 Å². The Labute approximate surface area is 147 Å². The quantitative estimate of drug-likeness (QED) is 0.502. The summed E-state index contributed by atoms with van der Waals surface area (Å²) in [6.07, 6.45) is 4.89. The SMILES string of the molecule is Cc1cccc(-c2nc(-n3ncc4c(N)nccc43)c3nc[nH]c3n2)n1. The highest BCUT2D eigenvalue weighted by Gasteiger charge is 2.17. The molecule has 5 rings (SSSR count). The van der Waals surface area contributed by atoms with Gasteiger partial charge in [-0.15, -0.1) is 0 Å². The van der Waals surface area contributed by atoms with Gasteiger partial charge in [0.15, 0.2) is 22.8 Å². The number of aryl methyl sites for hydroxylation is 1. The second-order valence-corrected chi connectivity index (χ2v) is 5.82. The molecule has 0 fully saturated rings. The Kier molecular flexibility index (Phi) is 2.95. The molecule has 0 radical (unpaired) electrons. The van der Waals surface area contributed by atoms with Crippen molar-refractivity contribution in [3.63, 3.8) is 0 Å². The van der Waals surface area contributed by atoms with E-state index >= 15 is 0 Å². The minimum absolute atomic E-state index is 0.418. The number of aromatic amines is 1. The number of H-pyrrole nitrogens is 1. The van der Waals surface area contributed by atoms with Gasteiger partial charge in [0.05, 0.1) is 23.4 Å². The van der Waals surface area contributed by atoms with Gasteiger partial charge in [-0.25, -0.2) is 29.6 Å². The molecule has 0 saturated carbocycles. The molecule has 3 N–H and O–H groups in total. The van der Waals surface area contributed by atoms with Gasteiger partial charge in [-0.05, 0) is 25.1 Å². The van der Waals surface area contributed by atoms with Gasteiger partial charge >= 0.3 is 0 Å². The Morgan fingerprint density at radius 2 is 2.00 bits per heavy atom. The fourth-order valence-corrected chi connectivity index (χ4v) is 2.89. The van der Waals surface area contributed by atoms with E-state index in [9.17, 15) is 0 Å². The third kappa shape index (κ3) is 2.10. The lowest BCUT2D eigenvalue weighted by Gasteiger charge is -2.07. The standard InChI is InChI=1S/C17H13N9/c1-9-3-2-4-11(23-9)15-24-16-13(20-8-21-16)17(25-15)26-12-5-6-19-14(18)10(12)7-22-26/h2-8H,1H3,(H2,18,19)(H,20,21,24,25). The van der Waals surface area contributed by atoms with Crippen LogP contribution in [0, 0.1) is 6.92 Å². The van der Waals surface area contributed by atoms with E-state index in [0.29, 0.717) is 34.3 Å². The van der Waals surface area contributed by atoms with Crippen molar-refractivity contribution in [2.45, 2.75) is 6.92 Å². The minimum Gasteiger partial charge on any atom is -0.383 e. The zero-order valence-electron chi connectivity index (χ0n) is 13.7. The zero-order valence-corrected chi connectivity index (χ0v) is 13.7. The van der Waals surface area contributed by atoms with Crippen LogP contribution in [0.25, 0.3) is 39.4 Å². The van der Waals surface area contributed by atoms with E-state index in [0.717, 1.165) is 16.6 Å².